The lowest BCUT2D eigenvalue weighted by Crippen LogP contribution is -2.58. The fourth-order valence-electron chi connectivity index (χ4n) is 7.30. The van der Waals surface area contributed by atoms with Gasteiger partial charge in [-0.3, -0.25) is 24.0 Å². The van der Waals surface area contributed by atoms with Crippen LogP contribution in [0.15, 0.2) is 36.4 Å². The Kier molecular flexibility index (Phi) is 11.8. The third kappa shape index (κ3) is 9.31. The molecule has 1 heterocycles. The first kappa shape index (κ1) is 38.6. The zero-order valence-corrected chi connectivity index (χ0v) is 30.7. The fraction of sp³-hybridized carbons (Fsp3) is 0.632. The quantitative estimate of drug-likeness (QED) is 0.121. The van der Waals surface area contributed by atoms with Crippen molar-refractivity contribution in [3.8, 4) is 0 Å². The number of carbonyl (C=O) groups excluding carboxylic acids is 6. The number of hydrogen-bond donors (Lipinski definition) is 4. The van der Waals surface area contributed by atoms with Crippen molar-refractivity contribution in [1.29, 1.82) is 0 Å². The molecule has 1 saturated heterocycles. The molecule has 2 saturated carbocycles. The number of carbonyl (C=O) groups is 6. The number of nitrogens with zero attached hydrogens (tertiary/aromatic N) is 1. The molecule has 5 amide bonds. The van der Waals surface area contributed by atoms with E-state index in [0.29, 0.717) is 31.5 Å². The minimum Gasteiger partial charge on any atom is -0.444 e. The van der Waals surface area contributed by atoms with Gasteiger partial charge in [0.1, 0.15) is 17.7 Å². The molecule has 1 aliphatic heterocycles. The van der Waals surface area contributed by atoms with E-state index < -0.39 is 53.3 Å². The fourth-order valence-corrected chi connectivity index (χ4v) is 7.30. The van der Waals surface area contributed by atoms with Gasteiger partial charge in [-0.15, -0.1) is 0 Å². The Bertz CT molecular complexity index is 1500. The van der Waals surface area contributed by atoms with Crippen LogP contribution in [0.25, 0.3) is 0 Å². The number of benzene rings is 1. The highest BCUT2D eigenvalue weighted by molar-refractivity contribution is 6.41. The van der Waals surface area contributed by atoms with E-state index in [4.69, 9.17) is 4.74 Å². The summed E-state index contributed by atoms with van der Waals surface area (Å²) >= 11 is 0. The van der Waals surface area contributed by atoms with E-state index >= 15 is 0 Å². The Morgan fingerprint density at radius 2 is 1.62 bits per heavy atom. The van der Waals surface area contributed by atoms with Crippen molar-refractivity contribution >= 4 is 46.9 Å². The standard InChI is InChI=1S/C38H55N5O7/c1-8-9-10-11-12-18-29(45)40-25-16-13-14-17-26(25)41-32(47)28(44)22-39-31(46)27-21-38(23-37(38)19-15-20-37)24-43(27)33(48)30(35(2,3)4)42-34(49)50-36(5,6)7/h8-9,13-14,16-17,27,30H,10-12,15,18-24H2,1-7H3,(H,39,46)(H,40,45)(H,41,47)(H,42,49)/b9-8+/t27-,30+,38-/m0/s1. The van der Waals surface area contributed by atoms with Crippen LogP contribution in [0.3, 0.4) is 0 Å². The van der Waals surface area contributed by atoms with Gasteiger partial charge in [0.25, 0.3) is 5.91 Å². The molecule has 0 aromatic heterocycles. The van der Waals surface area contributed by atoms with Gasteiger partial charge in [0.05, 0.1) is 17.9 Å². The van der Waals surface area contributed by atoms with E-state index in [-0.39, 0.29) is 28.3 Å². The Morgan fingerprint density at radius 3 is 2.18 bits per heavy atom. The summed E-state index contributed by atoms with van der Waals surface area (Å²) in [4.78, 5) is 80.7. The lowest BCUT2D eigenvalue weighted by atomic mass is 9.74. The molecule has 12 heteroatoms. The molecule has 12 nitrogen and oxygen atoms in total. The Balaban J connectivity index is 1.40. The van der Waals surface area contributed by atoms with Gasteiger partial charge >= 0.3 is 6.09 Å². The molecule has 50 heavy (non-hydrogen) atoms. The van der Waals surface area contributed by atoms with E-state index in [1.807, 2.05) is 39.8 Å². The van der Waals surface area contributed by atoms with E-state index in [1.165, 1.54) is 0 Å². The highest BCUT2D eigenvalue weighted by Gasteiger charge is 2.73. The van der Waals surface area contributed by atoms with Crippen molar-refractivity contribution in [3.05, 3.63) is 36.4 Å². The van der Waals surface area contributed by atoms with Crippen LogP contribution in [0, 0.1) is 16.2 Å². The predicted molar refractivity (Wildman–Crippen MR) is 191 cm³/mol. The monoisotopic (exact) mass is 693 g/mol. The number of allylic oxidation sites excluding steroid dienone is 2. The highest BCUT2D eigenvalue weighted by atomic mass is 16.6. The molecule has 3 aliphatic rings. The van der Waals surface area contributed by atoms with Crippen molar-refractivity contribution in [2.24, 2.45) is 16.2 Å². The van der Waals surface area contributed by atoms with Gasteiger partial charge in [0.15, 0.2) is 0 Å². The van der Waals surface area contributed by atoms with Gasteiger partial charge < -0.3 is 30.9 Å². The number of amides is 5. The number of Topliss-reactive ketones (excluding diaryl/α,β-unsaturated/α-hetero) is 1. The molecule has 4 N–H and O–H groups in total. The highest BCUT2D eigenvalue weighted by Crippen LogP contribution is 2.77. The number of rotatable bonds is 13. The van der Waals surface area contributed by atoms with Crippen molar-refractivity contribution in [1.82, 2.24) is 15.5 Å². The summed E-state index contributed by atoms with van der Waals surface area (Å²) < 4.78 is 5.45. The summed E-state index contributed by atoms with van der Waals surface area (Å²) in [5.74, 6) is -2.94. The van der Waals surface area contributed by atoms with E-state index in [0.717, 1.165) is 38.5 Å². The van der Waals surface area contributed by atoms with Gasteiger partial charge in [-0.1, -0.05) is 51.5 Å². The summed E-state index contributed by atoms with van der Waals surface area (Å²) in [6.07, 6.45) is 10.7. The van der Waals surface area contributed by atoms with Gasteiger partial charge in [-0.25, -0.2) is 4.79 Å². The summed E-state index contributed by atoms with van der Waals surface area (Å²) in [5, 5.41) is 10.7. The summed E-state index contributed by atoms with van der Waals surface area (Å²) in [7, 11) is 0. The molecule has 2 spiro atoms. The SMILES string of the molecule is C/C=C/CCCCC(=O)Nc1ccccc1NC(=O)C(=O)CNC(=O)[C@@H]1C[C@@]2(CN1C(=O)[C@@H](NC(=O)OC(C)(C)C)C(C)(C)C)CC21CCC1. The van der Waals surface area contributed by atoms with Crippen molar-refractivity contribution in [2.75, 3.05) is 23.7 Å². The number of alkyl carbamates (subject to hydrolysis) is 1. The van der Waals surface area contributed by atoms with Crippen molar-refractivity contribution in [3.63, 3.8) is 0 Å². The molecule has 1 aromatic rings. The van der Waals surface area contributed by atoms with Crippen LogP contribution in [0.1, 0.15) is 106 Å². The third-order valence-corrected chi connectivity index (χ3v) is 10.2. The van der Waals surface area contributed by atoms with E-state index in [1.54, 1.807) is 49.9 Å². The first-order valence-electron chi connectivity index (χ1n) is 17.8. The molecule has 4 rings (SSSR count). The minimum absolute atomic E-state index is 0.126. The molecule has 274 valence electrons. The lowest BCUT2D eigenvalue weighted by molar-refractivity contribution is -0.142. The number of nitrogens with one attached hydrogen (secondary N) is 4. The Morgan fingerprint density at radius 1 is 0.960 bits per heavy atom. The van der Waals surface area contributed by atoms with Gasteiger partial charge in [-0.05, 0) is 101 Å². The maximum Gasteiger partial charge on any atom is 0.408 e. The molecule has 1 aromatic carbocycles. The number of hydrogen-bond acceptors (Lipinski definition) is 7. The van der Waals surface area contributed by atoms with Crippen LogP contribution in [0.2, 0.25) is 0 Å². The summed E-state index contributed by atoms with van der Waals surface area (Å²) in [6, 6.07) is 4.77. The van der Waals surface area contributed by atoms with Crippen molar-refractivity contribution in [2.45, 2.75) is 124 Å². The lowest BCUT2D eigenvalue weighted by Gasteiger charge is -2.36. The number of fused-ring (bicyclic) bond motifs is 1. The minimum atomic E-state index is -0.968. The molecule has 0 radical (unpaired) electrons. The van der Waals surface area contributed by atoms with Gasteiger partial charge in [0.2, 0.25) is 23.5 Å². The van der Waals surface area contributed by atoms with Crippen LogP contribution in [-0.4, -0.2) is 71.2 Å². The number of unbranched alkanes of at least 4 members (excludes halogenated alkanes) is 2. The normalized spacial score (nSPS) is 21.3. The molecular formula is C38H55N5O7. The topological polar surface area (TPSA) is 163 Å². The van der Waals surface area contributed by atoms with Gasteiger partial charge in [-0.2, -0.15) is 0 Å². The first-order valence-corrected chi connectivity index (χ1v) is 17.8. The second kappa shape index (κ2) is 15.3. The maximum absolute atomic E-state index is 14.2. The molecule has 3 atom stereocenters. The van der Waals surface area contributed by atoms with E-state index in [2.05, 4.69) is 21.3 Å². The summed E-state index contributed by atoms with van der Waals surface area (Å²) in [6.45, 7) is 12.5. The van der Waals surface area contributed by atoms with Crippen LogP contribution in [0.4, 0.5) is 16.2 Å². The summed E-state index contributed by atoms with van der Waals surface area (Å²) in [5.41, 5.74) is -0.886. The second-order valence-corrected chi connectivity index (χ2v) is 16.2. The molecule has 0 unspecified atom stereocenters. The Hall–Kier alpha value is -4.22. The van der Waals surface area contributed by atoms with Gasteiger partial charge in [0, 0.05) is 13.0 Å². The van der Waals surface area contributed by atoms with Crippen LogP contribution < -0.4 is 21.3 Å². The number of para-hydroxylation sites is 2. The number of anilines is 2. The molecule has 0 bridgehead atoms. The van der Waals surface area contributed by atoms with Crippen molar-refractivity contribution < 1.29 is 33.5 Å². The smallest absolute Gasteiger partial charge is 0.408 e. The van der Waals surface area contributed by atoms with E-state index in [9.17, 15) is 28.8 Å². The molecule has 2 aliphatic carbocycles. The second-order valence-electron chi connectivity index (χ2n) is 16.2. The molecule has 3 fully saturated rings. The average molecular weight is 694 g/mol. The van der Waals surface area contributed by atoms with Crippen LogP contribution in [-0.2, 0) is 28.7 Å². The largest absolute Gasteiger partial charge is 0.444 e. The average Bonchev–Trinajstić information content (AvgIpc) is 3.52. The maximum atomic E-state index is 14.2. The Labute approximate surface area is 295 Å². The zero-order chi connectivity index (χ0) is 36.9. The predicted octanol–water partition coefficient (Wildman–Crippen LogP) is 5.49. The number of ether oxygens (including phenoxy) is 1. The number of ketones is 1. The number of likely N-dealkylation sites (tertiary alicyclic amines) is 1. The third-order valence-electron chi connectivity index (χ3n) is 10.2. The zero-order valence-electron chi connectivity index (χ0n) is 30.7. The van der Waals surface area contributed by atoms with Crippen LogP contribution >= 0.6 is 0 Å². The molecular weight excluding hydrogens is 638 g/mol. The first-order chi connectivity index (χ1) is 23.4. The van der Waals surface area contributed by atoms with Crippen LogP contribution in [0.5, 0.6) is 0 Å².